The monoisotopic (exact) mass is 387 g/mol. The Morgan fingerprint density at radius 3 is 2.21 bits per heavy atom. The average molecular weight is 388 g/mol. The van der Waals surface area contributed by atoms with Crippen LogP contribution in [0.15, 0.2) is 35.3 Å². The molecule has 1 aromatic rings. The fraction of sp³-hybridized carbons (Fsp3) is 0.696. The molecule has 5 heteroatoms. The van der Waals surface area contributed by atoms with Gasteiger partial charge in [-0.15, -0.1) is 0 Å². The highest BCUT2D eigenvalue weighted by Gasteiger charge is 2.28. The van der Waals surface area contributed by atoms with Crippen LogP contribution in [0.1, 0.15) is 46.1 Å². The van der Waals surface area contributed by atoms with E-state index < -0.39 is 0 Å². The Kier molecular flexibility index (Phi) is 9.26. The molecule has 1 atom stereocenters. The minimum atomic E-state index is 0.140. The van der Waals surface area contributed by atoms with Crippen molar-refractivity contribution >= 4 is 5.96 Å². The Morgan fingerprint density at radius 2 is 1.68 bits per heavy atom. The second kappa shape index (κ2) is 11.4. The fourth-order valence-corrected chi connectivity index (χ4v) is 4.17. The topological polar surface area (TPSA) is 42.9 Å². The SMILES string of the molecule is CCN1CCN(C(C)CNC(=NC)NCC(CC)(CC)c2ccccc2)CC1. The molecule has 0 bridgehead atoms. The molecule has 0 saturated carbocycles. The largest absolute Gasteiger partial charge is 0.356 e. The van der Waals surface area contributed by atoms with Crippen LogP contribution in [0.25, 0.3) is 0 Å². The van der Waals surface area contributed by atoms with Gasteiger partial charge in [0.05, 0.1) is 0 Å². The number of piperazine rings is 1. The van der Waals surface area contributed by atoms with Gasteiger partial charge in [-0.1, -0.05) is 51.1 Å². The van der Waals surface area contributed by atoms with E-state index in [2.05, 4.69) is 83.5 Å². The van der Waals surface area contributed by atoms with Crippen molar-refractivity contribution in [3.63, 3.8) is 0 Å². The summed E-state index contributed by atoms with van der Waals surface area (Å²) in [5, 5.41) is 7.14. The molecule has 0 spiro atoms. The molecule has 158 valence electrons. The predicted octanol–water partition coefficient (Wildman–Crippen LogP) is 2.94. The highest BCUT2D eigenvalue weighted by molar-refractivity contribution is 5.79. The quantitative estimate of drug-likeness (QED) is 0.505. The summed E-state index contributed by atoms with van der Waals surface area (Å²) >= 11 is 0. The first kappa shape index (κ1) is 22.7. The molecule has 2 rings (SSSR count). The molecule has 1 aliphatic rings. The maximum Gasteiger partial charge on any atom is 0.191 e. The van der Waals surface area contributed by atoms with Crippen LogP contribution in [-0.4, -0.2) is 74.7 Å². The van der Waals surface area contributed by atoms with Gasteiger partial charge < -0.3 is 15.5 Å². The summed E-state index contributed by atoms with van der Waals surface area (Å²) in [7, 11) is 1.86. The number of benzene rings is 1. The summed E-state index contributed by atoms with van der Waals surface area (Å²) in [6, 6.07) is 11.4. The standard InChI is InChI=1S/C23H41N5/c1-6-23(7-2,21-12-10-9-11-13-21)19-26-22(24-5)25-18-20(4)28-16-14-27(8-3)15-17-28/h9-13,20H,6-8,14-19H2,1-5H3,(H2,24,25,26). The molecule has 0 amide bonds. The van der Waals surface area contributed by atoms with Crippen LogP contribution in [0.3, 0.4) is 0 Å². The lowest BCUT2D eigenvalue weighted by Gasteiger charge is -2.38. The van der Waals surface area contributed by atoms with Gasteiger partial charge in [-0.05, 0) is 31.9 Å². The lowest BCUT2D eigenvalue weighted by Crippen LogP contribution is -2.53. The van der Waals surface area contributed by atoms with Crippen molar-refractivity contribution < 1.29 is 0 Å². The molecule has 0 radical (unpaired) electrons. The van der Waals surface area contributed by atoms with E-state index >= 15 is 0 Å². The zero-order valence-electron chi connectivity index (χ0n) is 18.7. The van der Waals surface area contributed by atoms with Crippen LogP contribution < -0.4 is 10.6 Å². The first-order valence-electron chi connectivity index (χ1n) is 11.0. The van der Waals surface area contributed by atoms with Crippen molar-refractivity contribution in [3.05, 3.63) is 35.9 Å². The molecule has 1 fully saturated rings. The molecule has 28 heavy (non-hydrogen) atoms. The lowest BCUT2D eigenvalue weighted by molar-refractivity contribution is 0.107. The van der Waals surface area contributed by atoms with Gasteiger partial charge in [-0.3, -0.25) is 9.89 Å². The van der Waals surface area contributed by atoms with Crippen LogP contribution in [0, 0.1) is 0 Å². The van der Waals surface area contributed by atoms with Gasteiger partial charge in [-0.25, -0.2) is 0 Å². The molecule has 2 N–H and O–H groups in total. The normalized spacial score (nSPS) is 18.1. The maximum absolute atomic E-state index is 4.46. The molecule has 1 heterocycles. The Hall–Kier alpha value is -1.59. The fourth-order valence-electron chi connectivity index (χ4n) is 4.17. The summed E-state index contributed by atoms with van der Waals surface area (Å²) in [6.45, 7) is 16.8. The average Bonchev–Trinajstić information content (AvgIpc) is 2.77. The van der Waals surface area contributed by atoms with E-state index in [4.69, 9.17) is 0 Å². The van der Waals surface area contributed by atoms with E-state index in [-0.39, 0.29) is 5.41 Å². The summed E-state index contributed by atoms with van der Waals surface area (Å²) < 4.78 is 0. The van der Waals surface area contributed by atoms with Crippen molar-refractivity contribution in [3.8, 4) is 0 Å². The van der Waals surface area contributed by atoms with Gasteiger partial charge in [0, 0.05) is 57.8 Å². The number of hydrogen-bond acceptors (Lipinski definition) is 3. The highest BCUT2D eigenvalue weighted by atomic mass is 15.3. The van der Waals surface area contributed by atoms with Crippen molar-refractivity contribution in [2.45, 2.75) is 52.0 Å². The number of aliphatic imine (C=N–C) groups is 1. The molecule has 1 unspecified atom stereocenters. The third kappa shape index (κ3) is 5.95. The Morgan fingerprint density at radius 1 is 1.04 bits per heavy atom. The second-order valence-electron chi connectivity index (χ2n) is 7.98. The predicted molar refractivity (Wildman–Crippen MR) is 121 cm³/mol. The van der Waals surface area contributed by atoms with Crippen molar-refractivity contribution in [1.82, 2.24) is 20.4 Å². The molecular formula is C23H41N5. The first-order valence-corrected chi connectivity index (χ1v) is 11.0. The minimum Gasteiger partial charge on any atom is -0.356 e. The van der Waals surface area contributed by atoms with E-state index in [0.29, 0.717) is 6.04 Å². The van der Waals surface area contributed by atoms with E-state index in [1.54, 1.807) is 0 Å². The summed E-state index contributed by atoms with van der Waals surface area (Å²) in [4.78, 5) is 9.57. The minimum absolute atomic E-state index is 0.140. The number of rotatable bonds is 9. The summed E-state index contributed by atoms with van der Waals surface area (Å²) in [5.41, 5.74) is 1.55. The number of guanidine groups is 1. The third-order valence-corrected chi connectivity index (χ3v) is 6.60. The number of likely N-dealkylation sites (N-methyl/N-ethyl adjacent to an activating group) is 1. The molecular weight excluding hydrogens is 346 g/mol. The Bertz CT molecular complexity index is 574. The Balaban J connectivity index is 1.86. The molecule has 0 aromatic heterocycles. The van der Waals surface area contributed by atoms with Gasteiger partial charge in [0.1, 0.15) is 0 Å². The van der Waals surface area contributed by atoms with E-state index in [0.717, 1.165) is 51.5 Å². The summed E-state index contributed by atoms with van der Waals surface area (Å²) in [6.07, 6.45) is 2.21. The molecule has 5 nitrogen and oxygen atoms in total. The zero-order valence-corrected chi connectivity index (χ0v) is 18.7. The summed E-state index contributed by atoms with van der Waals surface area (Å²) in [5.74, 6) is 0.904. The molecule has 1 aromatic carbocycles. The van der Waals surface area contributed by atoms with Crippen molar-refractivity contribution in [2.24, 2.45) is 4.99 Å². The van der Waals surface area contributed by atoms with E-state index in [9.17, 15) is 0 Å². The van der Waals surface area contributed by atoms with Gasteiger partial charge in [0.2, 0.25) is 0 Å². The van der Waals surface area contributed by atoms with Crippen LogP contribution in [0.5, 0.6) is 0 Å². The van der Waals surface area contributed by atoms with Gasteiger partial charge in [0.25, 0.3) is 0 Å². The van der Waals surface area contributed by atoms with Crippen LogP contribution in [-0.2, 0) is 5.41 Å². The van der Waals surface area contributed by atoms with Gasteiger partial charge in [0.15, 0.2) is 5.96 Å². The second-order valence-corrected chi connectivity index (χ2v) is 7.98. The Labute approximate surface area is 172 Å². The van der Waals surface area contributed by atoms with Gasteiger partial charge in [-0.2, -0.15) is 0 Å². The van der Waals surface area contributed by atoms with Crippen LogP contribution >= 0.6 is 0 Å². The highest BCUT2D eigenvalue weighted by Crippen LogP contribution is 2.30. The van der Waals surface area contributed by atoms with E-state index in [1.165, 1.54) is 18.7 Å². The molecule has 1 saturated heterocycles. The smallest absolute Gasteiger partial charge is 0.191 e. The zero-order chi connectivity index (χ0) is 20.4. The third-order valence-electron chi connectivity index (χ3n) is 6.60. The number of nitrogens with zero attached hydrogens (tertiary/aromatic N) is 3. The van der Waals surface area contributed by atoms with Crippen molar-refractivity contribution in [1.29, 1.82) is 0 Å². The van der Waals surface area contributed by atoms with Crippen molar-refractivity contribution in [2.75, 3.05) is 52.9 Å². The number of hydrogen-bond donors (Lipinski definition) is 2. The van der Waals surface area contributed by atoms with Crippen LogP contribution in [0.2, 0.25) is 0 Å². The number of nitrogens with one attached hydrogen (secondary N) is 2. The van der Waals surface area contributed by atoms with Crippen LogP contribution in [0.4, 0.5) is 0 Å². The first-order chi connectivity index (χ1) is 13.6. The molecule has 1 aliphatic heterocycles. The van der Waals surface area contributed by atoms with Gasteiger partial charge >= 0.3 is 0 Å². The van der Waals surface area contributed by atoms with E-state index in [1.807, 2.05) is 7.05 Å². The maximum atomic E-state index is 4.46. The lowest BCUT2D eigenvalue weighted by atomic mass is 9.76. The molecule has 0 aliphatic carbocycles.